The van der Waals surface area contributed by atoms with Crippen molar-refractivity contribution in [3.8, 4) is 6.07 Å². The molecule has 1 aromatic carbocycles. The molecule has 1 N–H and O–H groups in total. The molecule has 7 rings (SSSR count). The van der Waals surface area contributed by atoms with E-state index in [2.05, 4.69) is 28.3 Å². The van der Waals surface area contributed by atoms with Crippen LogP contribution in [0.15, 0.2) is 85.2 Å². The van der Waals surface area contributed by atoms with Gasteiger partial charge in [0.1, 0.15) is 11.4 Å². The Labute approximate surface area is 287 Å². The Bertz CT molecular complexity index is 1820. The number of ketones is 1. The first-order chi connectivity index (χ1) is 23.7. The van der Waals surface area contributed by atoms with Gasteiger partial charge in [0.25, 0.3) is 16.1 Å². The van der Waals surface area contributed by atoms with E-state index in [-0.39, 0.29) is 29.6 Å². The molecule has 12 heteroatoms. The normalized spacial score (nSPS) is 24.8. The number of amides is 1. The van der Waals surface area contributed by atoms with Crippen LogP contribution < -0.4 is 5.32 Å². The summed E-state index contributed by atoms with van der Waals surface area (Å²) in [5, 5.41) is 12.8. The topological polar surface area (TPSA) is 140 Å². The zero-order valence-electron chi connectivity index (χ0n) is 27.6. The number of nitrogens with zero attached hydrogens (tertiary/aromatic N) is 6. The van der Waals surface area contributed by atoms with Crippen molar-refractivity contribution in [3.63, 3.8) is 0 Å². The van der Waals surface area contributed by atoms with Crippen LogP contribution in [0.25, 0.3) is 0 Å². The first kappa shape index (κ1) is 33.1. The van der Waals surface area contributed by atoms with Crippen molar-refractivity contribution in [2.75, 3.05) is 26.2 Å². The molecule has 3 saturated heterocycles. The summed E-state index contributed by atoms with van der Waals surface area (Å²) in [6, 6.07) is 15.8. The predicted octanol–water partition coefficient (Wildman–Crippen LogP) is 3.72. The van der Waals surface area contributed by atoms with Crippen LogP contribution >= 0.6 is 0 Å². The number of carbonyl (C=O) groups excluding carboxylic acids is 2. The number of rotatable bonds is 11. The van der Waals surface area contributed by atoms with Crippen LogP contribution in [-0.2, 0) is 27.8 Å². The molecule has 5 heterocycles. The van der Waals surface area contributed by atoms with E-state index >= 15 is 0 Å². The number of hydrogen-bond acceptors (Lipinski definition) is 8. The summed E-state index contributed by atoms with van der Waals surface area (Å²) in [4.78, 5) is 38.6. The summed E-state index contributed by atoms with van der Waals surface area (Å²) in [6.45, 7) is 3.95. The standard InChI is InChI=1S/C37H41N7O4S/c1-2-3-26-12-18-42(19-13-26)49(47,48)43-24-31-32(25-43)35(31)44-34(20-33(45)30-6-4-29(23-38)5-7-30)41-37(36(44)46,21-27-8-14-39-15-9-27)22-28-10-16-40-17-11-28/h4-11,14-17,20,26,31-32,35,41H,2-3,12-13,18-19,21-22,24-25H2,1H3. The maximum Gasteiger partial charge on any atom is 0.281 e. The Hall–Kier alpha value is -4.44. The average Bonchev–Trinajstić information content (AvgIpc) is 3.44. The third-order valence-corrected chi connectivity index (χ3v) is 12.6. The fourth-order valence-corrected chi connectivity index (χ4v) is 9.77. The Morgan fingerprint density at radius 1 is 0.939 bits per heavy atom. The Balaban J connectivity index is 1.18. The molecule has 2 unspecified atom stereocenters. The van der Waals surface area contributed by atoms with Gasteiger partial charge in [-0.1, -0.05) is 19.8 Å². The lowest BCUT2D eigenvalue weighted by Crippen LogP contribution is -2.51. The number of aromatic nitrogens is 2. The summed E-state index contributed by atoms with van der Waals surface area (Å²) in [5.41, 5.74) is 1.58. The lowest BCUT2D eigenvalue weighted by atomic mass is 9.85. The number of fused-ring (bicyclic) bond motifs is 1. The van der Waals surface area contributed by atoms with Gasteiger partial charge in [-0.3, -0.25) is 24.5 Å². The fourth-order valence-electron chi connectivity index (χ4n) is 8.05. The molecule has 0 bridgehead atoms. The van der Waals surface area contributed by atoms with Crippen molar-refractivity contribution in [2.24, 2.45) is 17.8 Å². The highest BCUT2D eigenvalue weighted by atomic mass is 32.2. The molecule has 0 spiro atoms. The van der Waals surface area contributed by atoms with E-state index in [1.54, 1.807) is 62.6 Å². The maximum atomic E-state index is 14.9. The molecule has 11 nitrogen and oxygen atoms in total. The minimum atomic E-state index is -3.60. The molecule has 1 saturated carbocycles. The molecular formula is C37H41N7O4S. The Morgan fingerprint density at radius 3 is 2.04 bits per heavy atom. The van der Waals surface area contributed by atoms with Crippen LogP contribution in [0.4, 0.5) is 0 Å². The lowest BCUT2D eigenvalue weighted by molar-refractivity contribution is -0.132. The highest BCUT2D eigenvalue weighted by Crippen LogP contribution is 2.53. The second-order valence-corrected chi connectivity index (χ2v) is 15.7. The first-order valence-electron chi connectivity index (χ1n) is 17.1. The molecule has 4 fully saturated rings. The number of allylic oxidation sites excluding steroid dienone is 1. The van der Waals surface area contributed by atoms with E-state index in [4.69, 9.17) is 0 Å². The van der Waals surface area contributed by atoms with Crippen LogP contribution in [0.3, 0.4) is 0 Å². The number of nitriles is 1. The average molecular weight is 680 g/mol. The van der Waals surface area contributed by atoms with Gasteiger partial charge in [0.2, 0.25) is 0 Å². The minimum absolute atomic E-state index is 0.0378. The second-order valence-electron chi connectivity index (χ2n) is 13.8. The minimum Gasteiger partial charge on any atom is -0.357 e. The summed E-state index contributed by atoms with van der Waals surface area (Å²) in [7, 11) is -3.60. The molecule has 2 atom stereocenters. The quantitative estimate of drug-likeness (QED) is 0.239. The van der Waals surface area contributed by atoms with E-state index in [9.17, 15) is 23.3 Å². The van der Waals surface area contributed by atoms with Gasteiger partial charge in [0, 0.05) is 93.3 Å². The lowest BCUT2D eigenvalue weighted by Gasteiger charge is -2.34. The molecular weight excluding hydrogens is 639 g/mol. The largest absolute Gasteiger partial charge is 0.357 e. The zero-order valence-corrected chi connectivity index (χ0v) is 28.4. The van der Waals surface area contributed by atoms with Crippen molar-refractivity contribution in [3.05, 3.63) is 107 Å². The Morgan fingerprint density at radius 2 is 1.51 bits per heavy atom. The van der Waals surface area contributed by atoms with Gasteiger partial charge in [0.15, 0.2) is 5.78 Å². The summed E-state index contributed by atoms with van der Waals surface area (Å²) in [5.74, 6) is 0.475. The van der Waals surface area contributed by atoms with Gasteiger partial charge in [-0.25, -0.2) is 0 Å². The van der Waals surface area contributed by atoms with Gasteiger partial charge >= 0.3 is 0 Å². The number of pyridine rings is 2. The van der Waals surface area contributed by atoms with Gasteiger partial charge in [-0.2, -0.15) is 22.3 Å². The molecule has 1 aliphatic carbocycles. The highest BCUT2D eigenvalue weighted by molar-refractivity contribution is 7.86. The number of piperidine rings is 2. The molecule has 2 aromatic heterocycles. The van der Waals surface area contributed by atoms with E-state index in [1.807, 2.05) is 24.3 Å². The Kier molecular flexibility index (Phi) is 9.09. The van der Waals surface area contributed by atoms with Gasteiger partial charge in [-0.05, 0) is 78.4 Å². The van der Waals surface area contributed by atoms with Crippen molar-refractivity contribution < 1.29 is 18.0 Å². The SMILES string of the molecule is CCCC1CCN(S(=O)(=O)N2CC3C(C2)C3N2C(=O)C(Cc3ccncc3)(Cc3ccncc3)NC2=CC(=O)c2ccc(C#N)cc2)CC1. The molecule has 3 aliphatic heterocycles. The molecule has 4 aliphatic rings. The fraction of sp³-hybridized carbons (Fsp3) is 0.432. The van der Waals surface area contributed by atoms with Gasteiger partial charge in [0.05, 0.1) is 11.6 Å². The molecule has 0 radical (unpaired) electrons. The van der Waals surface area contributed by atoms with E-state index < -0.39 is 15.7 Å². The van der Waals surface area contributed by atoms with Crippen LogP contribution in [0.2, 0.25) is 0 Å². The zero-order chi connectivity index (χ0) is 34.2. The monoisotopic (exact) mass is 679 g/mol. The van der Waals surface area contributed by atoms with E-state index in [0.717, 1.165) is 36.8 Å². The maximum absolute atomic E-state index is 14.9. The van der Waals surface area contributed by atoms with E-state index in [1.165, 1.54) is 6.08 Å². The predicted molar refractivity (Wildman–Crippen MR) is 183 cm³/mol. The molecule has 3 aromatic rings. The smallest absolute Gasteiger partial charge is 0.281 e. The molecule has 254 valence electrons. The van der Waals surface area contributed by atoms with Crippen LogP contribution in [0.5, 0.6) is 0 Å². The first-order valence-corrected chi connectivity index (χ1v) is 18.5. The van der Waals surface area contributed by atoms with Gasteiger partial charge in [-0.15, -0.1) is 0 Å². The van der Waals surface area contributed by atoms with Crippen LogP contribution in [0, 0.1) is 29.1 Å². The van der Waals surface area contributed by atoms with E-state index in [0.29, 0.717) is 61.9 Å². The van der Waals surface area contributed by atoms with Crippen LogP contribution in [0.1, 0.15) is 59.7 Å². The third-order valence-electron chi connectivity index (χ3n) is 10.7. The van der Waals surface area contributed by atoms with Crippen molar-refractivity contribution in [2.45, 2.75) is 57.0 Å². The summed E-state index contributed by atoms with van der Waals surface area (Å²) in [6.07, 6.45) is 13.0. The molecule has 49 heavy (non-hydrogen) atoms. The molecule has 1 amide bonds. The number of carbonyl (C=O) groups is 2. The number of nitrogens with one attached hydrogen (secondary N) is 1. The van der Waals surface area contributed by atoms with Crippen molar-refractivity contribution in [1.29, 1.82) is 5.26 Å². The van der Waals surface area contributed by atoms with Crippen LogP contribution in [-0.4, -0.2) is 81.3 Å². The van der Waals surface area contributed by atoms with Crippen molar-refractivity contribution in [1.82, 2.24) is 28.8 Å². The second kappa shape index (κ2) is 13.5. The number of hydrogen-bond donors (Lipinski definition) is 1. The van der Waals surface area contributed by atoms with Crippen molar-refractivity contribution >= 4 is 21.9 Å². The highest BCUT2D eigenvalue weighted by Gasteiger charge is 2.66. The van der Waals surface area contributed by atoms with Gasteiger partial charge < -0.3 is 5.32 Å². The third kappa shape index (κ3) is 6.50. The summed E-state index contributed by atoms with van der Waals surface area (Å²) < 4.78 is 30.6. The number of benzene rings is 1. The summed E-state index contributed by atoms with van der Waals surface area (Å²) >= 11 is 0.